The average molecular weight is 378 g/mol. The molecule has 0 aliphatic rings. The molecular formula is C18H21FN3O5+. The van der Waals surface area contributed by atoms with Gasteiger partial charge in [0.05, 0.1) is 6.42 Å². The second-order valence-electron chi connectivity index (χ2n) is 6.09. The summed E-state index contributed by atoms with van der Waals surface area (Å²) in [6, 6.07) is 4.34. The van der Waals surface area contributed by atoms with Crippen LogP contribution in [0.5, 0.6) is 0 Å². The largest absolute Gasteiger partial charge is 0.481 e. The first-order valence-electron chi connectivity index (χ1n) is 8.51. The number of carboxylic acid groups (broad SMARTS) is 1. The van der Waals surface area contributed by atoms with Crippen molar-refractivity contribution in [2.75, 3.05) is 6.67 Å². The van der Waals surface area contributed by atoms with E-state index in [0.29, 0.717) is 17.3 Å². The summed E-state index contributed by atoms with van der Waals surface area (Å²) >= 11 is 0. The van der Waals surface area contributed by atoms with Gasteiger partial charge < -0.3 is 10.4 Å². The molecule has 0 aliphatic heterocycles. The Morgan fingerprint density at radius 2 is 2.00 bits per heavy atom. The van der Waals surface area contributed by atoms with Gasteiger partial charge in [-0.15, -0.1) is 0 Å². The summed E-state index contributed by atoms with van der Waals surface area (Å²) < 4.78 is 13.9. The molecule has 2 rings (SSSR count). The van der Waals surface area contributed by atoms with Gasteiger partial charge in [-0.05, 0) is 18.6 Å². The van der Waals surface area contributed by atoms with E-state index in [0.717, 1.165) is 0 Å². The van der Waals surface area contributed by atoms with E-state index in [9.17, 15) is 23.6 Å². The van der Waals surface area contributed by atoms with Gasteiger partial charge in [-0.25, -0.2) is 14.2 Å². The highest BCUT2D eigenvalue weighted by molar-refractivity contribution is 5.93. The summed E-state index contributed by atoms with van der Waals surface area (Å²) in [7, 11) is 0. The Labute approximate surface area is 154 Å². The minimum absolute atomic E-state index is 0.279. The number of alkyl halides is 1. The zero-order valence-corrected chi connectivity index (χ0v) is 14.8. The zero-order valence-electron chi connectivity index (χ0n) is 14.8. The Morgan fingerprint density at radius 1 is 1.30 bits per heavy atom. The van der Waals surface area contributed by atoms with E-state index in [1.54, 1.807) is 24.3 Å². The number of rotatable bonds is 9. The van der Waals surface area contributed by atoms with E-state index in [2.05, 4.69) is 10.3 Å². The number of hydrogen-bond acceptors (Lipinski definition) is 4. The van der Waals surface area contributed by atoms with Crippen molar-refractivity contribution in [1.29, 1.82) is 0 Å². The molecule has 0 fully saturated rings. The first-order valence-corrected chi connectivity index (χ1v) is 8.51. The fourth-order valence-electron chi connectivity index (χ4n) is 2.81. The number of para-hydroxylation sites is 1. The van der Waals surface area contributed by atoms with E-state index in [1.165, 1.54) is 10.9 Å². The lowest BCUT2D eigenvalue weighted by Gasteiger charge is -2.19. The van der Waals surface area contributed by atoms with E-state index in [4.69, 9.17) is 5.11 Å². The quantitative estimate of drug-likeness (QED) is 0.664. The van der Waals surface area contributed by atoms with Crippen LogP contribution in [0.2, 0.25) is 0 Å². The monoisotopic (exact) mass is 378 g/mol. The summed E-state index contributed by atoms with van der Waals surface area (Å²) in [6.07, 6.45) is 1.47. The molecule has 2 aromatic rings. The molecule has 27 heavy (non-hydrogen) atoms. The normalized spacial score (nSPS) is 13.1. The Balaban J connectivity index is 2.37. The van der Waals surface area contributed by atoms with Crippen molar-refractivity contribution in [2.45, 2.75) is 38.3 Å². The molecule has 0 aliphatic carbocycles. The number of aromatic nitrogens is 2. The maximum atomic E-state index is 12.7. The molecule has 1 amide bonds. The van der Waals surface area contributed by atoms with Crippen molar-refractivity contribution >= 4 is 28.6 Å². The number of H-pyrrole nitrogens is 1. The summed E-state index contributed by atoms with van der Waals surface area (Å²) in [5.41, 5.74) is 0.204. The predicted molar refractivity (Wildman–Crippen MR) is 93.9 cm³/mol. The summed E-state index contributed by atoms with van der Waals surface area (Å²) in [6.45, 7) is 0.428. The van der Waals surface area contributed by atoms with Crippen LogP contribution in [0.4, 0.5) is 4.39 Å². The molecule has 0 radical (unpaired) electrons. The molecule has 2 atom stereocenters. The lowest BCUT2D eigenvalue weighted by molar-refractivity contribution is -0.353. The number of nitrogens with zero attached hydrogens (tertiary/aromatic N) is 1. The highest BCUT2D eigenvalue weighted by Crippen LogP contribution is 2.14. The van der Waals surface area contributed by atoms with Crippen LogP contribution in [0.25, 0.3) is 10.9 Å². The average Bonchev–Trinajstić information content (AvgIpc) is 2.65. The highest BCUT2D eigenvalue weighted by atomic mass is 19.1. The van der Waals surface area contributed by atoms with Crippen LogP contribution >= 0.6 is 0 Å². The third-order valence-corrected chi connectivity index (χ3v) is 4.17. The molecule has 0 saturated carbocycles. The number of aliphatic carboxylic acids is 1. The molecular weight excluding hydrogens is 357 g/mol. The van der Waals surface area contributed by atoms with Gasteiger partial charge in [-0.3, -0.25) is 14.4 Å². The molecule has 0 spiro atoms. The first kappa shape index (κ1) is 20.2. The van der Waals surface area contributed by atoms with E-state index in [-0.39, 0.29) is 6.42 Å². The van der Waals surface area contributed by atoms with Gasteiger partial charge in [-0.2, -0.15) is 4.57 Å². The van der Waals surface area contributed by atoms with Crippen LogP contribution in [0, 0.1) is 0 Å². The van der Waals surface area contributed by atoms with Gasteiger partial charge in [0.25, 0.3) is 5.91 Å². The first-order chi connectivity index (χ1) is 12.9. The summed E-state index contributed by atoms with van der Waals surface area (Å²) in [5.74, 6) is -3.08. The SMILES string of the molecule is CCC[C@@H](C(=O)NC(CC(=O)O)C(=O)CF)n1c[nH+]c2ccccc2c1=O. The van der Waals surface area contributed by atoms with Crippen LogP contribution < -0.4 is 15.9 Å². The van der Waals surface area contributed by atoms with Crippen LogP contribution in [-0.4, -0.2) is 40.0 Å². The van der Waals surface area contributed by atoms with E-state index in [1.807, 2.05) is 6.92 Å². The molecule has 0 bridgehead atoms. The van der Waals surface area contributed by atoms with Crippen molar-refractivity contribution in [3.05, 3.63) is 40.9 Å². The Hall–Kier alpha value is -3.10. The van der Waals surface area contributed by atoms with Gasteiger partial charge in [-0.1, -0.05) is 25.5 Å². The zero-order chi connectivity index (χ0) is 20.0. The maximum Gasteiger partial charge on any atom is 0.345 e. The van der Waals surface area contributed by atoms with Crippen LogP contribution in [0.3, 0.4) is 0 Å². The van der Waals surface area contributed by atoms with Crippen LogP contribution in [0.15, 0.2) is 35.4 Å². The number of carboxylic acids is 1. The number of carbonyl (C=O) groups excluding carboxylic acids is 2. The van der Waals surface area contributed by atoms with Gasteiger partial charge in [0, 0.05) is 0 Å². The molecule has 0 saturated heterocycles. The second-order valence-corrected chi connectivity index (χ2v) is 6.09. The van der Waals surface area contributed by atoms with Crippen molar-refractivity contribution in [3.63, 3.8) is 0 Å². The van der Waals surface area contributed by atoms with Gasteiger partial charge >= 0.3 is 11.5 Å². The number of carbonyl (C=O) groups is 3. The maximum absolute atomic E-state index is 12.7. The number of aromatic amines is 1. The third-order valence-electron chi connectivity index (χ3n) is 4.17. The third kappa shape index (κ3) is 4.75. The number of benzene rings is 1. The number of fused-ring (bicyclic) bond motifs is 1. The summed E-state index contributed by atoms with van der Waals surface area (Å²) in [4.78, 5) is 50.9. The molecule has 9 heteroatoms. The fraction of sp³-hybridized carbons (Fsp3) is 0.389. The molecule has 1 unspecified atom stereocenters. The topological polar surface area (TPSA) is 120 Å². The highest BCUT2D eigenvalue weighted by Gasteiger charge is 2.31. The van der Waals surface area contributed by atoms with Gasteiger partial charge in [0.15, 0.2) is 11.8 Å². The minimum atomic E-state index is -1.49. The van der Waals surface area contributed by atoms with Crippen molar-refractivity contribution in [3.8, 4) is 0 Å². The second kappa shape index (κ2) is 9.02. The van der Waals surface area contributed by atoms with Crippen molar-refractivity contribution in [1.82, 2.24) is 9.88 Å². The van der Waals surface area contributed by atoms with Crippen LogP contribution in [0.1, 0.15) is 32.2 Å². The van der Waals surface area contributed by atoms with Gasteiger partial charge in [0.1, 0.15) is 23.6 Å². The van der Waals surface area contributed by atoms with E-state index < -0.39 is 48.4 Å². The lowest BCUT2D eigenvalue weighted by atomic mass is 10.1. The van der Waals surface area contributed by atoms with Gasteiger partial charge in [0.2, 0.25) is 6.33 Å². The summed E-state index contributed by atoms with van der Waals surface area (Å²) in [5, 5.41) is 11.5. The Morgan fingerprint density at radius 3 is 2.63 bits per heavy atom. The Kier molecular flexibility index (Phi) is 6.75. The molecule has 144 valence electrons. The van der Waals surface area contributed by atoms with E-state index >= 15 is 0 Å². The molecule has 1 heterocycles. The van der Waals surface area contributed by atoms with Crippen LogP contribution in [-0.2, 0) is 14.4 Å². The number of nitrogens with one attached hydrogen (secondary N) is 2. The lowest BCUT2D eigenvalue weighted by Crippen LogP contribution is -2.47. The standard InChI is InChI=1S/C18H20FN3O5/c1-2-5-14(17(26)21-13(8-16(24)25)15(23)9-19)22-10-20-12-7-4-3-6-11(12)18(22)27/h3-4,6-7,10,13-14H,2,5,8-9H2,1H3,(H,21,26)(H,24,25)/p+1/t13?,14-/m0/s1. The number of Topliss-reactive ketones (excluding diaryl/α,β-unsaturated/α-hetero) is 1. The number of halogens is 1. The molecule has 3 N–H and O–H groups in total. The minimum Gasteiger partial charge on any atom is -0.481 e. The molecule has 8 nitrogen and oxygen atoms in total. The molecule has 1 aromatic heterocycles. The number of ketones is 1. The molecule has 1 aromatic carbocycles. The fourth-order valence-corrected chi connectivity index (χ4v) is 2.81. The van der Waals surface area contributed by atoms with Crippen molar-refractivity contribution in [2.24, 2.45) is 0 Å². The predicted octanol–water partition coefficient (Wildman–Crippen LogP) is 0.655. The number of hydrogen-bond donors (Lipinski definition) is 2. The smallest absolute Gasteiger partial charge is 0.345 e. The van der Waals surface area contributed by atoms with Crippen molar-refractivity contribution < 1.29 is 28.9 Å². The number of amides is 1. The Bertz CT molecular complexity index is 911.